The topological polar surface area (TPSA) is 84.8 Å². The van der Waals surface area contributed by atoms with Crippen LogP contribution in [-0.2, 0) is 13.2 Å². The number of amides is 1. The lowest BCUT2D eigenvalue weighted by molar-refractivity contribution is -0.137. The van der Waals surface area contributed by atoms with Crippen molar-refractivity contribution in [2.75, 3.05) is 50.6 Å². The predicted octanol–water partition coefficient (Wildman–Crippen LogP) is 5.45. The van der Waals surface area contributed by atoms with E-state index in [1.54, 1.807) is 48.1 Å². The lowest BCUT2D eigenvalue weighted by Gasteiger charge is -2.32. The number of hydrogen-bond donors (Lipinski definition) is 1. The Balaban J connectivity index is 1.43. The van der Waals surface area contributed by atoms with Crippen molar-refractivity contribution >= 4 is 40.0 Å². The van der Waals surface area contributed by atoms with E-state index in [-0.39, 0.29) is 17.1 Å². The SMILES string of the molecule is COc1cc(Cl)c(C(F)(F)F)cc1NC(=O)c1cc2cccc(Oc3ccnc(N4CCN(C)CC4)n3)c2n1C. The molecule has 4 aromatic rings. The molecule has 13 heteroatoms. The Bertz CT molecular complexity index is 1570. The molecule has 1 aliphatic heterocycles. The van der Waals surface area contributed by atoms with Crippen molar-refractivity contribution in [3.8, 4) is 17.4 Å². The van der Waals surface area contributed by atoms with E-state index < -0.39 is 22.7 Å². The summed E-state index contributed by atoms with van der Waals surface area (Å²) in [5.41, 5.74) is -0.453. The fraction of sp³-hybridized carbons (Fsp3) is 0.296. The first-order chi connectivity index (χ1) is 19.0. The molecule has 1 amide bonds. The minimum atomic E-state index is -4.71. The first-order valence-electron chi connectivity index (χ1n) is 12.3. The van der Waals surface area contributed by atoms with Gasteiger partial charge in [0.1, 0.15) is 11.4 Å². The second kappa shape index (κ2) is 10.9. The molecule has 1 saturated heterocycles. The number of hydrogen-bond acceptors (Lipinski definition) is 7. The van der Waals surface area contributed by atoms with Crippen molar-refractivity contribution in [1.82, 2.24) is 19.4 Å². The number of benzene rings is 2. The largest absolute Gasteiger partial charge is 0.495 e. The summed E-state index contributed by atoms with van der Waals surface area (Å²) < 4.78 is 53.2. The molecule has 0 saturated carbocycles. The number of nitrogens with one attached hydrogen (secondary N) is 1. The van der Waals surface area contributed by atoms with Crippen LogP contribution < -0.4 is 19.7 Å². The summed E-state index contributed by atoms with van der Waals surface area (Å²) >= 11 is 5.80. The minimum absolute atomic E-state index is 0.00551. The van der Waals surface area contributed by atoms with E-state index in [9.17, 15) is 18.0 Å². The van der Waals surface area contributed by atoms with Gasteiger partial charge in [-0.2, -0.15) is 18.2 Å². The molecule has 1 fully saturated rings. The fourth-order valence-electron chi connectivity index (χ4n) is 4.57. The third-order valence-corrected chi connectivity index (χ3v) is 7.03. The lowest BCUT2D eigenvalue weighted by Crippen LogP contribution is -2.45. The smallest absolute Gasteiger partial charge is 0.417 e. The van der Waals surface area contributed by atoms with E-state index in [4.69, 9.17) is 21.1 Å². The summed E-state index contributed by atoms with van der Waals surface area (Å²) in [6.07, 6.45) is -3.07. The summed E-state index contributed by atoms with van der Waals surface area (Å²) in [5.74, 6) is 0.714. The van der Waals surface area contributed by atoms with E-state index >= 15 is 0 Å². The normalized spacial score (nSPS) is 14.4. The molecule has 5 rings (SSSR count). The number of fused-ring (bicyclic) bond motifs is 1. The molecule has 210 valence electrons. The van der Waals surface area contributed by atoms with E-state index in [0.717, 1.165) is 38.3 Å². The molecule has 9 nitrogen and oxygen atoms in total. The Kier molecular flexibility index (Phi) is 7.47. The molecule has 1 aliphatic rings. The van der Waals surface area contributed by atoms with Crippen LogP contribution in [0.5, 0.6) is 17.4 Å². The number of aryl methyl sites for hydroxylation is 1. The quantitative estimate of drug-likeness (QED) is 0.328. The van der Waals surface area contributed by atoms with Crippen LogP contribution in [-0.4, -0.2) is 65.7 Å². The first-order valence-corrected chi connectivity index (χ1v) is 12.7. The monoisotopic (exact) mass is 574 g/mol. The number of ether oxygens (including phenoxy) is 2. The summed E-state index contributed by atoms with van der Waals surface area (Å²) in [7, 11) is 5.01. The average Bonchev–Trinajstić information content (AvgIpc) is 3.26. The molecule has 0 bridgehead atoms. The van der Waals surface area contributed by atoms with Crippen molar-refractivity contribution in [2.45, 2.75) is 6.18 Å². The Morgan fingerprint density at radius 1 is 1.05 bits per heavy atom. The van der Waals surface area contributed by atoms with E-state index in [2.05, 4.69) is 32.1 Å². The lowest BCUT2D eigenvalue weighted by atomic mass is 10.1. The number of methoxy groups -OCH3 is 1. The van der Waals surface area contributed by atoms with E-state index in [0.29, 0.717) is 28.5 Å². The molecule has 3 heterocycles. The highest BCUT2D eigenvalue weighted by atomic mass is 35.5. The summed E-state index contributed by atoms with van der Waals surface area (Å²) in [6.45, 7) is 3.41. The number of anilines is 2. The van der Waals surface area contributed by atoms with Gasteiger partial charge in [0.2, 0.25) is 11.8 Å². The zero-order valence-electron chi connectivity index (χ0n) is 21.9. The summed E-state index contributed by atoms with van der Waals surface area (Å²) in [6, 6.07) is 10.4. The number of carbonyl (C=O) groups is 1. The maximum absolute atomic E-state index is 13.4. The van der Waals surface area contributed by atoms with Crippen LogP contribution in [0.4, 0.5) is 24.8 Å². The number of piperazine rings is 1. The molecule has 0 radical (unpaired) electrons. The standard InChI is InChI=1S/C27H26ClF3N6O3/c1-35-9-11-37(12-10-35)26-32-8-7-23(34-26)40-21-6-4-5-16-13-20(36(2)24(16)21)25(38)33-19-14-17(27(29,30)31)18(28)15-22(19)39-3/h4-8,13-15H,9-12H2,1-3H3,(H,33,38). The maximum atomic E-state index is 13.4. The van der Waals surface area contributed by atoms with Gasteiger partial charge < -0.3 is 29.2 Å². The van der Waals surface area contributed by atoms with Gasteiger partial charge in [0, 0.05) is 56.9 Å². The van der Waals surface area contributed by atoms with Crippen LogP contribution in [0.3, 0.4) is 0 Å². The van der Waals surface area contributed by atoms with Crippen LogP contribution in [0.15, 0.2) is 48.7 Å². The zero-order chi connectivity index (χ0) is 28.6. The van der Waals surface area contributed by atoms with Gasteiger partial charge in [-0.1, -0.05) is 23.7 Å². The fourth-order valence-corrected chi connectivity index (χ4v) is 4.83. The van der Waals surface area contributed by atoms with Gasteiger partial charge in [-0.05, 0) is 25.2 Å². The molecule has 0 unspecified atom stereocenters. The molecule has 2 aromatic heterocycles. The first kappa shape index (κ1) is 27.5. The van der Waals surface area contributed by atoms with Crippen LogP contribution >= 0.6 is 11.6 Å². The van der Waals surface area contributed by atoms with Gasteiger partial charge >= 0.3 is 6.18 Å². The number of likely N-dealkylation sites (N-methyl/N-ethyl adjacent to an activating group) is 1. The van der Waals surface area contributed by atoms with Gasteiger partial charge in [0.05, 0.1) is 28.9 Å². The summed E-state index contributed by atoms with van der Waals surface area (Å²) in [5, 5.41) is 2.68. The zero-order valence-corrected chi connectivity index (χ0v) is 22.7. The second-order valence-corrected chi connectivity index (χ2v) is 9.76. The van der Waals surface area contributed by atoms with Crippen molar-refractivity contribution in [3.05, 3.63) is 64.9 Å². The third-order valence-electron chi connectivity index (χ3n) is 6.71. The van der Waals surface area contributed by atoms with Crippen molar-refractivity contribution in [3.63, 3.8) is 0 Å². The molecule has 0 atom stereocenters. The van der Waals surface area contributed by atoms with Crippen molar-refractivity contribution in [1.29, 1.82) is 0 Å². The Hall–Kier alpha value is -4.03. The third kappa shape index (κ3) is 5.50. The highest BCUT2D eigenvalue weighted by Gasteiger charge is 2.34. The van der Waals surface area contributed by atoms with Crippen LogP contribution in [0.1, 0.15) is 16.1 Å². The number of halogens is 4. The van der Waals surface area contributed by atoms with E-state index in [1.165, 1.54) is 7.11 Å². The molecule has 0 spiro atoms. The number of carbonyl (C=O) groups excluding carboxylic acids is 1. The Labute approximate surface area is 233 Å². The Morgan fingerprint density at radius 3 is 2.50 bits per heavy atom. The van der Waals surface area contributed by atoms with E-state index in [1.807, 2.05) is 0 Å². The number of para-hydroxylation sites is 1. The van der Waals surface area contributed by atoms with Crippen LogP contribution in [0.25, 0.3) is 10.9 Å². The predicted molar refractivity (Wildman–Crippen MR) is 146 cm³/mol. The summed E-state index contributed by atoms with van der Waals surface area (Å²) in [4.78, 5) is 26.5. The molecular formula is C27H26ClF3N6O3. The highest BCUT2D eigenvalue weighted by molar-refractivity contribution is 6.31. The molecule has 40 heavy (non-hydrogen) atoms. The highest BCUT2D eigenvalue weighted by Crippen LogP contribution is 2.40. The molecule has 0 aliphatic carbocycles. The van der Waals surface area contributed by atoms with Crippen LogP contribution in [0, 0.1) is 0 Å². The number of rotatable bonds is 6. The number of nitrogens with zero attached hydrogens (tertiary/aromatic N) is 5. The van der Waals surface area contributed by atoms with Gasteiger partial charge in [-0.15, -0.1) is 0 Å². The minimum Gasteiger partial charge on any atom is -0.495 e. The van der Waals surface area contributed by atoms with Crippen molar-refractivity contribution in [2.24, 2.45) is 7.05 Å². The van der Waals surface area contributed by atoms with Crippen molar-refractivity contribution < 1.29 is 27.4 Å². The molecule has 2 aromatic carbocycles. The van der Waals surface area contributed by atoms with Gasteiger partial charge in [0.15, 0.2) is 5.75 Å². The average molecular weight is 575 g/mol. The molecular weight excluding hydrogens is 549 g/mol. The second-order valence-electron chi connectivity index (χ2n) is 9.35. The number of alkyl halides is 3. The van der Waals surface area contributed by atoms with Gasteiger partial charge in [-0.25, -0.2) is 4.98 Å². The number of aromatic nitrogens is 3. The van der Waals surface area contributed by atoms with Crippen LogP contribution in [0.2, 0.25) is 5.02 Å². The molecule has 1 N–H and O–H groups in total. The maximum Gasteiger partial charge on any atom is 0.417 e. The Morgan fingerprint density at radius 2 is 1.80 bits per heavy atom. The van der Waals surface area contributed by atoms with Gasteiger partial charge in [0.25, 0.3) is 5.91 Å². The van der Waals surface area contributed by atoms with Gasteiger partial charge in [-0.3, -0.25) is 4.79 Å².